The van der Waals surface area contributed by atoms with Crippen LogP contribution in [0.5, 0.6) is 0 Å². The standard InChI is InChI=1S/C29H28N6/c1-4-10-22(11-5-1)29(23-12-6-2-7-13-23,24-14-8-3-9-15-24)35-19-16-25-27(32-21-33-28(25)35)34-26-20-30-17-18-31-26/h1-16,19,21,26,30-31H,17-18,20H2,(H,32,33,34)/t26-/m1/s1. The SMILES string of the molecule is c1ccc(C(c2ccccc2)(c2ccccc2)n2ccc3c(N[C@@H]4CNCCN4)ncnc32)cc1. The van der Waals surface area contributed by atoms with Gasteiger partial charge in [0, 0.05) is 25.8 Å². The molecule has 0 saturated carbocycles. The van der Waals surface area contributed by atoms with Crippen molar-refractivity contribution in [2.24, 2.45) is 0 Å². The van der Waals surface area contributed by atoms with Crippen LogP contribution in [0, 0.1) is 0 Å². The Morgan fingerprint density at radius 1 is 0.743 bits per heavy atom. The first-order chi connectivity index (χ1) is 17.4. The number of hydrogen-bond donors (Lipinski definition) is 3. The number of piperazine rings is 1. The van der Waals surface area contributed by atoms with Gasteiger partial charge in [0.05, 0.1) is 11.6 Å². The van der Waals surface area contributed by atoms with E-state index in [-0.39, 0.29) is 6.17 Å². The van der Waals surface area contributed by atoms with Gasteiger partial charge in [-0.05, 0) is 22.8 Å². The molecule has 2 aromatic heterocycles. The summed E-state index contributed by atoms with van der Waals surface area (Å²) in [5.74, 6) is 0.832. The van der Waals surface area contributed by atoms with E-state index >= 15 is 0 Å². The molecule has 0 bridgehead atoms. The van der Waals surface area contributed by atoms with E-state index in [9.17, 15) is 0 Å². The summed E-state index contributed by atoms with van der Waals surface area (Å²) >= 11 is 0. The molecule has 0 spiro atoms. The van der Waals surface area contributed by atoms with Gasteiger partial charge in [0.25, 0.3) is 0 Å². The van der Waals surface area contributed by atoms with Crippen molar-refractivity contribution in [1.82, 2.24) is 25.2 Å². The maximum Gasteiger partial charge on any atom is 0.146 e. The molecule has 5 aromatic rings. The third kappa shape index (κ3) is 3.77. The van der Waals surface area contributed by atoms with Gasteiger partial charge in [0.1, 0.15) is 23.3 Å². The minimum absolute atomic E-state index is 0.118. The Bertz CT molecular complexity index is 1300. The Kier molecular flexibility index (Phi) is 5.74. The van der Waals surface area contributed by atoms with Crippen LogP contribution in [0.2, 0.25) is 0 Å². The molecule has 1 fully saturated rings. The Morgan fingerprint density at radius 3 is 1.89 bits per heavy atom. The van der Waals surface area contributed by atoms with Crippen LogP contribution in [0.15, 0.2) is 110 Å². The molecule has 0 unspecified atom stereocenters. The highest BCUT2D eigenvalue weighted by atomic mass is 15.2. The smallest absolute Gasteiger partial charge is 0.146 e. The zero-order chi connectivity index (χ0) is 23.5. The zero-order valence-corrected chi connectivity index (χ0v) is 19.4. The number of rotatable bonds is 6. The normalized spacial score (nSPS) is 16.3. The molecule has 1 atom stereocenters. The van der Waals surface area contributed by atoms with Gasteiger partial charge in [-0.25, -0.2) is 9.97 Å². The predicted molar refractivity (Wildman–Crippen MR) is 140 cm³/mol. The van der Waals surface area contributed by atoms with Crippen molar-refractivity contribution in [2.45, 2.75) is 11.7 Å². The lowest BCUT2D eigenvalue weighted by Crippen LogP contribution is -2.52. The highest BCUT2D eigenvalue weighted by molar-refractivity contribution is 5.88. The van der Waals surface area contributed by atoms with Crippen molar-refractivity contribution < 1.29 is 0 Å². The summed E-state index contributed by atoms with van der Waals surface area (Å²) in [7, 11) is 0. The van der Waals surface area contributed by atoms with Crippen LogP contribution < -0.4 is 16.0 Å². The first kappa shape index (κ1) is 21.5. The monoisotopic (exact) mass is 460 g/mol. The van der Waals surface area contributed by atoms with Gasteiger partial charge in [-0.15, -0.1) is 0 Å². The number of fused-ring (bicyclic) bond motifs is 1. The lowest BCUT2D eigenvalue weighted by Gasteiger charge is -2.38. The molecular weight excluding hydrogens is 432 g/mol. The molecule has 6 nitrogen and oxygen atoms in total. The van der Waals surface area contributed by atoms with Gasteiger partial charge in [-0.2, -0.15) is 0 Å². The zero-order valence-electron chi connectivity index (χ0n) is 19.4. The maximum atomic E-state index is 4.81. The first-order valence-corrected chi connectivity index (χ1v) is 12.1. The molecule has 0 amide bonds. The number of benzene rings is 3. The topological polar surface area (TPSA) is 66.8 Å². The quantitative estimate of drug-likeness (QED) is 0.332. The fourth-order valence-electron chi connectivity index (χ4n) is 5.21. The van der Waals surface area contributed by atoms with Crippen LogP contribution in [0.1, 0.15) is 16.7 Å². The Morgan fingerprint density at radius 2 is 1.34 bits per heavy atom. The third-order valence-electron chi connectivity index (χ3n) is 6.77. The molecule has 174 valence electrons. The molecule has 1 aliphatic heterocycles. The van der Waals surface area contributed by atoms with E-state index in [0.717, 1.165) is 36.5 Å². The summed E-state index contributed by atoms with van der Waals surface area (Å²) in [6, 6.07) is 34.1. The van der Waals surface area contributed by atoms with Gasteiger partial charge < -0.3 is 15.2 Å². The minimum atomic E-state index is -0.609. The number of anilines is 1. The molecule has 0 aliphatic carbocycles. The second-order valence-corrected chi connectivity index (χ2v) is 8.81. The van der Waals surface area contributed by atoms with Gasteiger partial charge in [0.2, 0.25) is 0 Å². The summed E-state index contributed by atoms with van der Waals surface area (Å²) in [6.07, 6.45) is 3.92. The average molecular weight is 461 g/mol. The molecule has 1 aliphatic rings. The Labute approximate surface area is 205 Å². The second-order valence-electron chi connectivity index (χ2n) is 8.81. The van der Waals surface area contributed by atoms with Crippen LogP contribution in [0.3, 0.4) is 0 Å². The van der Waals surface area contributed by atoms with Crippen molar-refractivity contribution in [3.8, 4) is 0 Å². The predicted octanol–water partition coefficient (Wildman–Crippen LogP) is 4.20. The van der Waals surface area contributed by atoms with Gasteiger partial charge in [-0.3, -0.25) is 5.32 Å². The first-order valence-electron chi connectivity index (χ1n) is 12.1. The third-order valence-corrected chi connectivity index (χ3v) is 6.77. The molecule has 0 radical (unpaired) electrons. The van der Waals surface area contributed by atoms with Crippen LogP contribution in [-0.2, 0) is 5.54 Å². The molecule has 1 saturated heterocycles. The van der Waals surface area contributed by atoms with E-state index in [1.807, 2.05) is 0 Å². The van der Waals surface area contributed by atoms with Crippen molar-refractivity contribution in [3.63, 3.8) is 0 Å². The summed E-state index contributed by atoms with van der Waals surface area (Å²) < 4.78 is 2.29. The van der Waals surface area contributed by atoms with Crippen molar-refractivity contribution in [2.75, 3.05) is 25.0 Å². The molecule has 3 aromatic carbocycles. The van der Waals surface area contributed by atoms with Gasteiger partial charge >= 0.3 is 0 Å². The average Bonchev–Trinajstić information content (AvgIpc) is 3.37. The van der Waals surface area contributed by atoms with Crippen molar-refractivity contribution in [3.05, 3.63) is 126 Å². The lowest BCUT2D eigenvalue weighted by atomic mass is 9.76. The number of hydrogen-bond acceptors (Lipinski definition) is 5. The van der Waals surface area contributed by atoms with Gasteiger partial charge in [0.15, 0.2) is 0 Å². The van der Waals surface area contributed by atoms with Crippen molar-refractivity contribution >= 4 is 16.9 Å². The van der Waals surface area contributed by atoms with E-state index in [4.69, 9.17) is 4.98 Å². The second kappa shape index (κ2) is 9.33. The van der Waals surface area contributed by atoms with Crippen LogP contribution in [0.4, 0.5) is 5.82 Å². The summed E-state index contributed by atoms with van der Waals surface area (Å²) in [4.78, 5) is 9.42. The molecule has 6 heteroatoms. The van der Waals surface area contributed by atoms with Crippen molar-refractivity contribution in [1.29, 1.82) is 0 Å². The molecule has 3 N–H and O–H groups in total. The largest absolute Gasteiger partial charge is 0.353 e. The van der Waals surface area contributed by atoms with E-state index in [1.165, 1.54) is 16.7 Å². The Balaban J connectivity index is 1.61. The summed E-state index contributed by atoms with van der Waals surface area (Å²) in [5, 5.41) is 11.5. The molecule has 3 heterocycles. The highest BCUT2D eigenvalue weighted by Gasteiger charge is 2.39. The van der Waals surface area contributed by atoms with Gasteiger partial charge in [-0.1, -0.05) is 91.0 Å². The van der Waals surface area contributed by atoms with E-state index < -0.39 is 5.54 Å². The molecular formula is C29H28N6. The number of aromatic nitrogens is 3. The van der Waals surface area contributed by atoms with E-state index in [0.29, 0.717) is 0 Å². The van der Waals surface area contributed by atoms with E-state index in [1.54, 1.807) is 6.33 Å². The highest BCUT2D eigenvalue weighted by Crippen LogP contribution is 2.43. The van der Waals surface area contributed by atoms with Crippen LogP contribution in [-0.4, -0.2) is 40.3 Å². The number of nitrogens with zero attached hydrogens (tertiary/aromatic N) is 3. The fourth-order valence-corrected chi connectivity index (χ4v) is 5.21. The minimum Gasteiger partial charge on any atom is -0.353 e. The molecule has 6 rings (SSSR count). The van der Waals surface area contributed by atoms with Crippen LogP contribution >= 0.6 is 0 Å². The fraction of sp³-hybridized carbons (Fsp3) is 0.172. The molecule has 35 heavy (non-hydrogen) atoms. The summed E-state index contributed by atoms with van der Waals surface area (Å²) in [5.41, 5.74) is 3.77. The van der Waals surface area contributed by atoms with E-state index in [2.05, 4.69) is 129 Å². The lowest BCUT2D eigenvalue weighted by molar-refractivity contribution is 0.450. The summed E-state index contributed by atoms with van der Waals surface area (Å²) in [6.45, 7) is 2.74. The maximum absolute atomic E-state index is 4.81. The van der Waals surface area contributed by atoms with Crippen LogP contribution in [0.25, 0.3) is 11.0 Å². The Hall–Kier alpha value is -4.00. The number of nitrogens with one attached hydrogen (secondary N) is 3.